The van der Waals surface area contributed by atoms with Crippen LogP contribution in [0, 0.1) is 23.2 Å². The van der Waals surface area contributed by atoms with E-state index in [1.165, 1.54) is 25.7 Å². The Morgan fingerprint density at radius 1 is 1.26 bits per heavy atom. The molecule has 1 aliphatic carbocycles. The van der Waals surface area contributed by atoms with Gasteiger partial charge in [-0.3, -0.25) is 0 Å². The van der Waals surface area contributed by atoms with Gasteiger partial charge in [0.25, 0.3) is 0 Å². The lowest BCUT2D eigenvalue weighted by molar-refractivity contribution is 0.267. The van der Waals surface area contributed by atoms with Gasteiger partial charge in [0.1, 0.15) is 0 Å². The van der Waals surface area contributed by atoms with Gasteiger partial charge < -0.3 is 5.32 Å². The van der Waals surface area contributed by atoms with Gasteiger partial charge >= 0.3 is 0 Å². The summed E-state index contributed by atoms with van der Waals surface area (Å²) in [5.41, 5.74) is 1.56. The van der Waals surface area contributed by atoms with Crippen molar-refractivity contribution in [1.82, 2.24) is 0 Å². The molecule has 0 bridgehead atoms. The second kappa shape index (κ2) is 6.30. The topological polar surface area (TPSA) is 35.8 Å². The fourth-order valence-electron chi connectivity index (χ4n) is 2.85. The maximum absolute atomic E-state index is 8.83. The molecular formula is C16H21ClN2. The van der Waals surface area contributed by atoms with Crippen molar-refractivity contribution in [2.45, 2.75) is 45.6 Å². The van der Waals surface area contributed by atoms with E-state index in [9.17, 15) is 0 Å². The summed E-state index contributed by atoms with van der Waals surface area (Å²) in [5, 5.41) is 13.0. The van der Waals surface area contributed by atoms with Gasteiger partial charge in [0, 0.05) is 6.04 Å². The number of halogens is 1. The number of nitriles is 1. The zero-order valence-corrected chi connectivity index (χ0v) is 12.4. The van der Waals surface area contributed by atoms with E-state index < -0.39 is 0 Å². The van der Waals surface area contributed by atoms with Gasteiger partial charge in [0.05, 0.1) is 22.3 Å². The molecule has 0 saturated heterocycles. The third kappa shape index (κ3) is 3.64. The Balaban J connectivity index is 1.94. The highest BCUT2D eigenvalue weighted by molar-refractivity contribution is 6.33. The van der Waals surface area contributed by atoms with Crippen molar-refractivity contribution in [2.24, 2.45) is 11.8 Å². The molecule has 2 rings (SSSR count). The van der Waals surface area contributed by atoms with Crippen LogP contribution in [0.2, 0.25) is 5.02 Å². The molecule has 0 heterocycles. The van der Waals surface area contributed by atoms with Crippen molar-refractivity contribution in [3.8, 4) is 6.07 Å². The fourth-order valence-corrected chi connectivity index (χ4v) is 3.09. The van der Waals surface area contributed by atoms with Crippen molar-refractivity contribution < 1.29 is 0 Å². The first-order valence-electron chi connectivity index (χ1n) is 7.06. The van der Waals surface area contributed by atoms with Crippen LogP contribution in [0.25, 0.3) is 0 Å². The Kier molecular flexibility index (Phi) is 4.71. The Morgan fingerprint density at radius 3 is 2.47 bits per heavy atom. The van der Waals surface area contributed by atoms with Crippen LogP contribution < -0.4 is 5.32 Å². The first-order valence-corrected chi connectivity index (χ1v) is 7.44. The van der Waals surface area contributed by atoms with Gasteiger partial charge in [-0.05, 0) is 55.7 Å². The van der Waals surface area contributed by atoms with E-state index in [4.69, 9.17) is 16.9 Å². The Morgan fingerprint density at radius 2 is 1.95 bits per heavy atom. The quantitative estimate of drug-likeness (QED) is 0.857. The van der Waals surface area contributed by atoms with Crippen LogP contribution in [0.15, 0.2) is 18.2 Å². The van der Waals surface area contributed by atoms with Crippen molar-refractivity contribution in [1.29, 1.82) is 5.26 Å². The number of benzene rings is 1. The minimum atomic E-state index is 0.514. The number of nitrogens with zero attached hydrogens (tertiary/aromatic N) is 1. The van der Waals surface area contributed by atoms with Gasteiger partial charge in [0.2, 0.25) is 0 Å². The molecule has 0 aromatic heterocycles. The van der Waals surface area contributed by atoms with Crippen LogP contribution >= 0.6 is 11.6 Å². The average Bonchev–Trinajstić information content (AvgIpc) is 2.41. The lowest BCUT2D eigenvalue weighted by Crippen LogP contribution is -2.28. The molecule has 1 saturated carbocycles. The second-order valence-corrected chi connectivity index (χ2v) is 6.21. The molecule has 102 valence electrons. The second-order valence-electron chi connectivity index (χ2n) is 5.81. The summed E-state index contributed by atoms with van der Waals surface area (Å²) in [7, 11) is 0. The highest BCUT2D eigenvalue weighted by atomic mass is 35.5. The normalized spacial score (nSPS) is 23.1. The van der Waals surface area contributed by atoms with E-state index >= 15 is 0 Å². The van der Waals surface area contributed by atoms with Crippen molar-refractivity contribution >= 4 is 17.3 Å². The van der Waals surface area contributed by atoms with E-state index in [1.807, 2.05) is 12.1 Å². The van der Waals surface area contributed by atoms with E-state index in [1.54, 1.807) is 6.07 Å². The first-order chi connectivity index (χ1) is 9.10. The zero-order valence-electron chi connectivity index (χ0n) is 11.6. The third-order valence-electron chi connectivity index (χ3n) is 4.17. The number of hydrogen-bond acceptors (Lipinski definition) is 2. The van der Waals surface area contributed by atoms with Gasteiger partial charge in [-0.2, -0.15) is 5.26 Å². The van der Waals surface area contributed by atoms with Gasteiger partial charge in [0.15, 0.2) is 0 Å². The molecule has 2 nitrogen and oxygen atoms in total. The van der Waals surface area contributed by atoms with E-state index in [0.717, 1.165) is 17.5 Å². The van der Waals surface area contributed by atoms with E-state index in [2.05, 4.69) is 25.2 Å². The average molecular weight is 277 g/mol. The smallest absolute Gasteiger partial charge is 0.0992 e. The zero-order chi connectivity index (χ0) is 13.8. The summed E-state index contributed by atoms with van der Waals surface area (Å²) >= 11 is 6.19. The SMILES string of the molecule is CC(C)C1CCC(Nc2ccc(C#N)cc2Cl)CC1. The number of nitrogens with one attached hydrogen (secondary N) is 1. The van der Waals surface area contributed by atoms with Crippen LogP contribution in [0.3, 0.4) is 0 Å². The van der Waals surface area contributed by atoms with E-state index in [0.29, 0.717) is 16.6 Å². The Labute approximate surface area is 120 Å². The molecule has 1 aliphatic rings. The molecule has 0 aliphatic heterocycles. The summed E-state index contributed by atoms with van der Waals surface area (Å²) in [6.07, 6.45) is 5.00. The molecule has 0 atom stereocenters. The molecule has 0 unspecified atom stereocenters. The Bertz CT molecular complexity index is 468. The molecular weight excluding hydrogens is 256 g/mol. The summed E-state index contributed by atoms with van der Waals surface area (Å²) in [4.78, 5) is 0. The van der Waals surface area contributed by atoms with Gasteiger partial charge in [-0.25, -0.2) is 0 Å². The van der Waals surface area contributed by atoms with Crippen LogP contribution in [0.4, 0.5) is 5.69 Å². The van der Waals surface area contributed by atoms with E-state index in [-0.39, 0.29) is 0 Å². The molecule has 0 radical (unpaired) electrons. The van der Waals surface area contributed by atoms with Crippen LogP contribution in [0.1, 0.15) is 45.1 Å². The minimum Gasteiger partial charge on any atom is -0.381 e. The molecule has 19 heavy (non-hydrogen) atoms. The van der Waals surface area contributed by atoms with Crippen LogP contribution in [-0.2, 0) is 0 Å². The summed E-state index contributed by atoms with van der Waals surface area (Å²) in [6, 6.07) is 8.07. The monoisotopic (exact) mass is 276 g/mol. The molecule has 1 aromatic rings. The standard InChI is InChI=1S/C16H21ClN2/c1-11(2)13-4-6-14(7-5-13)19-16-8-3-12(10-18)9-15(16)17/h3,8-9,11,13-14,19H,4-7H2,1-2H3. The minimum absolute atomic E-state index is 0.514. The van der Waals surface area contributed by atoms with Gasteiger partial charge in [-0.1, -0.05) is 25.4 Å². The molecule has 1 N–H and O–H groups in total. The predicted octanol–water partition coefficient (Wildman–Crippen LogP) is 4.84. The van der Waals surface area contributed by atoms with Crippen molar-refractivity contribution in [3.05, 3.63) is 28.8 Å². The number of rotatable bonds is 3. The lowest BCUT2D eigenvalue weighted by Gasteiger charge is -2.32. The number of hydrogen-bond donors (Lipinski definition) is 1. The molecule has 1 aromatic carbocycles. The first kappa shape index (κ1) is 14.2. The molecule has 3 heteroatoms. The predicted molar refractivity (Wildman–Crippen MR) is 80.4 cm³/mol. The summed E-state index contributed by atoms with van der Waals surface area (Å²) in [6.45, 7) is 4.63. The van der Waals surface area contributed by atoms with Gasteiger partial charge in [-0.15, -0.1) is 0 Å². The Hall–Kier alpha value is -1.20. The highest BCUT2D eigenvalue weighted by Crippen LogP contribution is 2.32. The van der Waals surface area contributed by atoms with Crippen molar-refractivity contribution in [2.75, 3.05) is 5.32 Å². The highest BCUT2D eigenvalue weighted by Gasteiger charge is 2.23. The molecule has 0 amide bonds. The lowest BCUT2D eigenvalue weighted by atomic mass is 9.79. The third-order valence-corrected chi connectivity index (χ3v) is 4.49. The largest absolute Gasteiger partial charge is 0.381 e. The molecule has 1 fully saturated rings. The maximum Gasteiger partial charge on any atom is 0.0992 e. The van der Waals surface area contributed by atoms with Crippen molar-refractivity contribution in [3.63, 3.8) is 0 Å². The van der Waals surface area contributed by atoms with Crippen LogP contribution in [0.5, 0.6) is 0 Å². The molecule has 0 spiro atoms. The number of anilines is 1. The summed E-state index contributed by atoms with van der Waals surface area (Å²) < 4.78 is 0. The van der Waals surface area contributed by atoms with Crippen LogP contribution in [-0.4, -0.2) is 6.04 Å². The maximum atomic E-state index is 8.83. The summed E-state index contributed by atoms with van der Waals surface area (Å²) in [5.74, 6) is 1.66. The fraction of sp³-hybridized carbons (Fsp3) is 0.562.